The van der Waals surface area contributed by atoms with E-state index in [1.54, 1.807) is 6.07 Å². The van der Waals surface area contributed by atoms with Crippen molar-refractivity contribution in [3.63, 3.8) is 0 Å². The van der Waals surface area contributed by atoms with Gasteiger partial charge in [0.05, 0.1) is 5.56 Å². The van der Waals surface area contributed by atoms with E-state index in [1.807, 2.05) is 22.6 Å². The SMILES string of the molecule is CC1CCC(CCNC(=O)c2ccc(F)cc2I)CC1. The molecular formula is C16H21FINO. The fourth-order valence-corrected chi connectivity index (χ4v) is 3.50. The van der Waals surface area contributed by atoms with Gasteiger partial charge < -0.3 is 5.32 Å². The predicted octanol–water partition coefficient (Wildman–Crippen LogP) is 4.38. The molecule has 1 fully saturated rings. The number of carbonyl (C=O) groups is 1. The molecule has 0 saturated heterocycles. The fraction of sp³-hybridized carbons (Fsp3) is 0.562. The van der Waals surface area contributed by atoms with Gasteiger partial charge in [0.15, 0.2) is 0 Å². The minimum atomic E-state index is -0.303. The molecule has 1 amide bonds. The Morgan fingerprint density at radius 1 is 1.35 bits per heavy atom. The molecule has 0 spiro atoms. The number of amides is 1. The highest BCUT2D eigenvalue weighted by Gasteiger charge is 2.18. The zero-order chi connectivity index (χ0) is 14.5. The highest BCUT2D eigenvalue weighted by molar-refractivity contribution is 14.1. The molecule has 4 heteroatoms. The van der Waals surface area contributed by atoms with E-state index in [2.05, 4.69) is 12.2 Å². The van der Waals surface area contributed by atoms with Crippen molar-refractivity contribution in [2.24, 2.45) is 11.8 Å². The Bertz CT molecular complexity index is 470. The molecule has 1 aromatic rings. The topological polar surface area (TPSA) is 29.1 Å². The molecule has 0 heterocycles. The van der Waals surface area contributed by atoms with Crippen molar-refractivity contribution >= 4 is 28.5 Å². The van der Waals surface area contributed by atoms with Crippen LogP contribution in [-0.4, -0.2) is 12.5 Å². The van der Waals surface area contributed by atoms with Crippen LogP contribution >= 0.6 is 22.6 Å². The number of rotatable bonds is 4. The molecule has 0 atom stereocenters. The van der Waals surface area contributed by atoms with E-state index in [4.69, 9.17) is 0 Å². The van der Waals surface area contributed by atoms with E-state index in [0.29, 0.717) is 15.7 Å². The van der Waals surface area contributed by atoms with Gasteiger partial charge in [-0.2, -0.15) is 0 Å². The first-order valence-electron chi connectivity index (χ1n) is 7.29. The zero-order valence-electron chi connectivity index (χ0n) is 11.8. The van der Waals surface area contributed by atoms with Gasteiger partial charge in [0.25, 0.3) is 5.91 Å². The standard InChI is InChI=1S/C16H21FINO/c1-11-2-4-12(5-3-11)8-9-19-16(20)14-7-6-13(17)10-15(14)18/h6-7,10-12H,2-5,8-9H2,1H3,(H,19,20). The second-order valence-electron chi connectivity index (χ2n) is 5.79. The number of nitrogens with one attached hydrogen (secondary N) is 1. The van der Waals surface area contributed by atoms with Crippen LogP contribution in [0.1, 0.15) is 49.4 Å². The molecule has 0 bridgehead atoms. The van der Waals surface area contributed by atoms with Gasteiger partial charge in [-0.3, -0.25) is 4.79 Å². The summed E-state index contributed by atoms with van der Waals surface area (Å²) in [6, 6.07) is 4.27. The van der Waals surface area contributed by atoms with Gasteiger partial charge >= 0.3 is 0 Å². The number of halogens is 2. The Labute approximate surface area is 133 Å². The molecule has 1 aromatic carbocycles. The average Bonchev–Trinajstić information content (AvgIpc) is 2.41. The maximum Gasteiger partial charge on any atom is 0.252 e. The molecule has 0 aliphatic heterocycles. The van der Waals surface area contributed by atoms with Crippen LogP contribution in [0, 0.1) is 21.2 Å². The summed E-state index contributed by atoms with van der Waals surface area (Å²) < 4.78 is 13.7. The lowest BCUT2D eigenvalue weighted by molar-refractivity contribution is 0.0949. The van der Waals surface area contributed by atoms with Crippen molar-refractivity contribution in [1.29, 1.82) is 0 Å². The molecule has 2 rings (SSSR count). The Kier molecular flexibility index (Phi) is 5.81. The molecule has 110 valence electrons. The maximum absolute atomic E-state index is 13.0. The van der Waals surface area contributed by atoms with Crippen LogP contribution in [0.15, 0.2) is 18.2 Å². The number of hydrogen-bond donors (Lipinski definition) is 1. The quantitative estimate of drug-likeness (QED) is 0.762. The van der Waals surface area contributed by atoms with Gasteiger partial charge in [-0.05, 0) is 59.0 Å². The van der Waals surface area contributed by atoms with Crippen LogP contribution in [0.5, 0.6) is 0 Å². The van der Waals surface area contributed by atoms with Gasteiger partial charge in [-0.15, -0.1) is 0 Å². The summed E-state index contributed by atoms with van der Waals surface area (Å²) in [5, 5.41) is 2.95. The molecule has 1 N–H and O–H groups in total. The molecule has 20 heavy (non-hydrogen) atoms. The maximum atomic E-state index is 13.0. The Balaban J connectivity index is 1.77. The lowest BCUT2D eigenvalue weighted by Gasteiger charge is -2.26. The van der Waals surface area contributed by atoms with Crippen molar-refractivity contribution < 1.29 is 9.18 Å². The van der Waals surface area contributed by atoms with Crippen LogP contribution in [0.2, 0.25) is 0 Å². The van der Waals surface area contributed by atoms with E-state index < -0.39 is 0 Å². The highest BCUT2D eigenvalue weighted by atomic mass is 127. The van der Waals surface area contributed by atoms with Crippen molar-refractivity contribution in [2.45, 2.75) is 39.0 Å². The monoisotopic (exact) mass is 389 g/mol. The van der Waals surface area contributed by atoms with Crippen molar-refractivity contribution in [2.75, 3.05) is 6.54 Å². The summed E-state index contributed by atoms with van der Waals surface area (Å²) in [4.78, 5) is 12.0. The molecule has 1 aliphatic rings. The highest BCUT2D eigenvalue weighted by Crippen LogP contribution is 2.29. The van der Waals surface area contributed by atoms with E-state index in [1.165, 1.54) is 37.8 Å². The predicted molar refractivity (Wildman–Crippen MR) is 87.2 cm³/mol. The molecular weight excluding hydrogens is 368 g/mol. The smallest absolute Gasteiger partial charge is 0.252 e. The third kappa shape index (κ3) is 4.43. The first-order chi connectivity index (χ1) is 9.56. The molecule has 1 saturated carbocycles. The van der Waals surface area contributed by atoms with Crippen molar-refractivity contribution in [3.05, 3.63) is 33.1 Å². The summed E-state index contributed by atoms with van der Waals surface area (Å²) in [6.07, 6.45) is 6.25. The Hall–Kier alpha value is -0.650. The second kappa shape index (κ2) is 7.38. The molecule has 0 unspecified atom stereocenters. The van der Waals surface area contributed by atoms with Crippen LogP contribution in [-0.2, 0) is 0 Å². The summed E-state index contributed by atoms with van der Waals surface area (Å²) >= 11 is 2.00. The number of hydrogen-bond acceptors (Lipinski definition) is 1. The minimum Gasteiger partial charge on any atom is -0.352 e. The van der Waals surface area contributed by atoms with Crippen LogP contribution in [0.4, 0.5) is 4.39 Å². The number of carbonyl (C=O) groups excluding carboxylic acids is 1. The molecule has 0 radical (unpaired) electrons. The zero-order valence-corrected chi connectivity index (χ0v) is 14.0. The summed E-state index contributed by atoms with van der Waals surface area (Å²) in [5.74, 6) is 1.21. The lowest BCUT2D eigenvalue weighted by Crippen LogP contribution is -2.27. The third-order valence-corrected chi connectivity index (χ3v) is 5.04. The molecule has 2 nitrogen and oxygen atoms in total. The van der Waals surface area contributed by atoms with E-state index >= 15 is 0 Å². The lowest BCUT2D eigenvalue weighted by atomic mass is 9.81. The van der Waals surface area contributed by atoms with Crippen molar-refractivity contribution in [1.82, 2.24) is 5.32 Å². The van der Waals surface area contributed by atoms with Crippen LogP contribution in [0.3, 0.4) is 0 Å². The van der Waals surface area contributed by atoms with Crippen LogP contribution < -0.4 is 5.32 Å². The third-order valence-electron chi connectivity index (χ3n) is 4.15. The Morgan fingerprint density at radius 3 is 2.70 bits per heavy atom. The first kappa shape index (κ1) is 15.7. The second-order valence-corrected chi connectivity index (χ2v) is 6.96. The fourth-order valence-electron chi connectivity index (χ4n) is 2.78. The van der Waals surface area contributed by atoms with Gasteiger partial charge in [-0.1, -0.05) is 32.6 Å². The van der Waals surface area contributed by atoms with Crippen LogP contribution in [0.25, 0.3) is 0 Å². The largest absolute Gasteiger partial charge is 0.352 e. The van der Waals surface area contributed by atoms with Gasteiger partial charge in [-0.25, -0.2) is 4.39 Å². The minimum absolute atomic E-state index is 0.0985. The first-order valence-corrected chi connectivity index (χ1v) is 8.37. The summed E-state index contributed by atoms with van der Waals surface area (Å²) in [6.45, 7) is 3.03. The number of benzene rings is 1. The molecule has 0 aromatic heterocycles. The average molecular weight is 389 g/mol. The van der Waals surface area contributed by atoms with Gasteiger partial charge in [0, 0.05) is 10.1 Å². The van der Waals surface area contributed by atoms with Gasteiger partial charge in [0.2, 0.25) is 0 Å². The van der Waals surface area contributed by atoms with E-state index in [-0.39, 0.29) is 11.7 Å². The Morgan fingerprint density at radius 2 is 2.05 bits per heavy atom. The van der Waals surface area contributed by atoms with Crippen molar-refractivity contribution in [3.8, 4) is 0 Å². The summed E-state index contributed by atoms with van der Waals surface area (Å²) in [7, 11) is 0. The summed E-state index contributed by atoms with van der Waals surface area (Å²) in [5.41, 5.74) is 0.560. The molecule has 1 aliphatic carbocycles. The normalized spacial score (nSPS) is 22.6. The van der Waals surface area contributed by atoms with Gasteiger partial charge in [0.1, 0.15) is 5.82 Å². The van der Waals surface area contributed by atoms with E-state index in [9.17, 15) is 9.18 Å². The van der Waals surface area contributed by atoms with E-state index in [0.717, 1.165) is 18.3 Å².